The molecule has 0 aliphatic carbocycles. The van der Waals surface area contributed by atoms with E-state index in [0.717, 1.165) is 99.8 Å². The summed E-state index contributed by atoms with van der Waals surface area (Å²) >= 11 is 0. The van der Waals surface area contributed by atoms with Gasteiger partial charge in [-0.15, -0.1) is 0 Å². The fourth-order valence-electron chi connectivity index (χ4n) is 6.90. The van der Waals surface area contributed by atoms with Gasteiger partial charge in [-0.2, -0.15) is 0 Å². The van der Waals surface area contributed by atoms with Crippen molar-refractivity contribution in [3.05, 3.63) is 159 Å². The lowest BCUT2D eigenvalue weighted by atomic mass is 9.97. The van der Waals surface area contributed by atoms with Gasteiger partial charge < -0.3 is 8.83 Å². The number of fused-ring (bicyclic) bond motifs is 6. The number of rotatable bonds is 5. The van der Waals surface area contributed by atoms with Gasteiger partial charge >= 0.3 is 0 Å². The molecule has 4 aromatic carbocycles. The molecule has 0 aliphatic rings. The van der Waals surface area contributed by atoms with Gasteiger partial charge in [0.2, 0.25) is 0 Å². The van der Waals surface area contributed by atoms with Gasteiger partial charge in [0.05, 0.1) is 0 Å². The number of nitrogens with zero attached hydrogens (tertiary/aromatic N) is 4. The number of hydrogen-bond acceptors (Lipinski definition) is 6. The van der Waals surface area contributed by atoms with E-state index >= 15 is 0 Å². The molecule has 0 atom stereocenters. The maximum Gasteiger partial charge on any atom is 0.161 e. The van der Waals surface area contributed by atoms with E-state index in [0.29, 0.717) is 0 Å². The summed E-state index contributed by atoms with van der Waals surface area (Å²) < 4.78 is 12.6. The molecule has 6 heteroatoms. The van der Waals surface area contributed by atoms with Crippen LogP contribution in [-0.4, -0.2) is 19.9 Å². The second-order valence-corrected chi connectivity index (χ2v) is 12.3. The average Bonchev–Trinajstić information content (AvgIpc) is 3.76. The first-order valence-corrected chi connectivity index (χ1v) is 16.4. The molecule has 234 valence electrons. The molecular weight excluding hydrogens is 617 g/mol. The zero-order chi connectivity index (χ0) is 33.0. The summed E-state index contributed by atoms with van der Waals surface area (Å²) in [5.41, 5.74) is 15.9. The number of pyridine rings is 4. The van der Waals surface area contributed by atoms with E-state index in [2.05, 4.69) is 82.8 Å². The minimum absolute atomic E-state index is 0.787. The Hall–Kier alpha value is -6.92. The van der Waals surface area contributed by atoms with Crippen molar-refractivity contribution in [1.29, 1.82) is 0 Å². The summed E-state index contributed by atoms with van der Waals surface area (Å²) in [6.45, 7) is 0. The van der Waals surface area contributed by atoms with Crippen LogP contribution in [0.1, 0.15) is 0 Å². The highest BCUT2D eigenvalue weighted by atomic mass is 16.3. The largest absolute Gasteiger partial charge is 0.454 e. The van der Waals surface area contributed by atoms with Crippen molar-refractivity contribution in [2.24, 2.45) is 0 Å². The summed E-state index contributed by atoms with van der Waals surface area (Å²) in [6, 6.07) is 42.0. The third-order valence-corrected chi connectivity index (χ3v) is 9.45. The second-order valence-electron chi connectivity index (χ2n) is 12.3. The van der Waals surface area contributed by atoms with Crippen molar-refractivity contribution in [2.45, 2.75) is 0 Å². The Balaban J connectivity index is 0.936. The average molecular weight is 643 g/mol. The first-order valence-electron chi connectivity index (χ1n) is 16.4. The van der Waals surface area contributed by atoms with Crippen molar-refractivity contribution in [3.8, 4) is 55.6 Å². The molecular formula is C44H26N4O2. The number of furan rings is 2. The molecule has 0 bridgehead atoms. The normalized spacial score (nSPS) is 11.6. The highest BCUT2D eigenvalue weighted by Crippen LogP contribution is 2.38. The van der Waals surface area contributed by atoms with Gasteiger partial charge in [0, 0.05) is 59.1 Å². The topological polar surface area (TPSA) is 77.8 Å². The van der Waals surface area contributed by atoms with Crippen LogP contribution in [-0.2, 0) is 0 Å². The lowest BCUT2D eigenvalue weighted by Gasteiger charge is -2.07. The number of aromatic nitrogens is 4. The van der Waals surface area contributed by atoms with Crippen LogP contribution in [0.4, 0.5) is 0 Å². The van der Waals surface area contributed by atoms with E-state index in [-0.39, 0.29) is 0 Å². The van der Waals surface area contributed by atoms with Crippen molar-refractivity contribution in [3.63, 3.8) is 0 Å². The molecule has 0 N–H and O–H groups in total. The van der Waals surface area contributed by atoms with Crippen LogP contribution in [0.3, 0.4) is 0 Å². The lowest BCUT2D eigenvalue weighted by molar-refractivity contribution is 0.669. The third kappa shape index (κ3) is 4.65. The van der Waals surface area contributed by atoms with Crippen LogP contribution in [0.5, 0.6) is 0 Å². The Morgan fingerprint density at radius 3 is 1.08 bits per heavy atom. The molecule has 0 spiro atoms. The Morgan fingerprint density at radius 2 is 0.680 bits per heavy atom. The Bertz CT molecular complexity index is 2640. The first-order chi connectivity index (χ1) is 24.8. The van der Waals surface area contributed by atoms with Gasteiger partial charge in [0.25, 0.3) is 0 Å². The van der Waals surface area contributed by atoms with Gasteiger partial charge in [-0.1, -0.05) is 60.7 Å². The summed E-state index contributed by atoms with van der Waals surface area (Å²) in [6.07, 6.45) is 10.9. The summed E-state index contributed by atoms with van der Waals surface area (Å²) in [5, 5.41) is 2.00. The van der Waals surface area contributed by atoms with Gasteiger partial charge in [-0.05, 0) is 105 Å². The molecule has 0 amide bonds. The molecule has 0 saturated carbocycles. The fraction of sp³-hybridized carbons (Fsp3) is 0. The molecule has 0 radical (unpaired) electrons. The highest BCUT2D eigenvalue weighted by molar-refractivity contribution is 6.09. The van der Waals surface area contributed by atoms with Gasteiger partial charge in [-0.3, -0.25) is 19.9 Å². The maximum atomic E-state index is 6.31. The van der Waals surface area contributed by atoms with E-state index in [4.69, 9.17) is 18.8 Å². The molecule has 10 rings (SSSR count). The van der Waals surface area contributed by atoms with E-state index in [1.54, 1.807) is 24.8 Å². The third-order valence-electron chi connectivity index (χ3n) is 9.45. The zero-order valence-electron chi connectivity index (χ0n) is 26.6. The van der Waals surface area contributed by atoms with Crippen molar-refractivity contribution >= 4 is 44.1 Å². The highest BCUT2D eigenvalue weighted by Gasteiger charge is 2.16. The van der Waals surface area contributed by atoms with Gasteiger partial charge in [0.1, 0.15) is 22.2 Å². The molecule has 10 aromatic rings. The van der Waals surface area contributed by atoms with Crippen molar-refractivity contribution in [2.75, 3.05) is 0 Å². The molecule has 6 aromatic heterocycles. The Kier molecular flexibility index (Phi) is 6.39. The smallest absolute Gasteiger partial charge is 0.161 e. The first kappa shape index (κ1) is 28.1. The molecule has 50 heavy (non-hydrogen) atoms. The van der Waals surface area contributed by atoms with Crippen molar-refractivity contribution in [1.82, 2.24) is 19.9 Å². The van der Waals surface area contributed by atoms with Crippen LogP contribution >= 0.6 is 0 Å². The SMILES string of the molecule is c1cc(-c2ccnc3c2oc2ccc(-c4ccc(-c5ccc(-c6ccc7oc8c(-c9ccncc9)ccnc8c7c6)cc5)cc4)cc23)ccn1. The van der Waals surface area contributed by atoms with E-state index in [9.17, 15) is 0 Å². The van der Waals surface area contributed by atoms with Crippen LogP contribution in [0, 0.1) is 0 Å². The number of hydrogen-bond donors (Lipinski definition) is 0. The minimum Gasteiger partial charge on any atom is -0.454 e. The Labute approximate surface area is 286 Å². The van der Waals surface area contributed by atoms with E-state index < -0.39 is 0 Å². The zero-order valence-corrected chi connectivity index (χ0v) is 26.6. The quantitative estimate of drug-likeness (QED) is 0.186. The van der Waals surface area contributed by atoms with Crippen LogP contribution in [0.15, 0.2) is 167 Å². The fourth-order valence-corrected chi connectivity index (χ4v) is 6.90. The molecule has 6 heterocycles. The monoisotopic (exact) mass is 642 g/mol. The summed E-state index contributed by atoms with van der Waals surface area (Å²) in [5.74, 6) is 0. The molecule has 0 aliphatic heterocycles. The number of benzene rings is 4. The van der Waals surface area contributed by atoms with Crippen LogP contribution in [0.25, 0.3) is 99.8 Å². The Morgan fingerprint density at radius 1 is 0.320 bits per heavy atom. The van der Waals surface area contributed by atoms with Crippen LogP contribution in [0.2, 0.25) is 0 Å². The van der Waals surface area contributed by atoms with E-state index in [1.807, 2.05) is 60.9 Å². The maximum absolute atomic E-state index is 6.31. The lowest BCUT2D eigenvalue weighted by Crippen LogP contribution is -1.83. The molecule has 0 saturated heterocycles. The van der Waals surface area contributed by atoms with Gasteiger partial charge in [0.15, 0.2) is 11.2 Å². The second kappa shape index (κ2) is 11.4. The van der Waals surface area contributed by atoms with Crippen molar-refractivity contribution < 1.29 is 8.83 Å². The van der Waals surface area contributed by atoms with Crippen LogP contribution < -0.4 is 0 Å². The summed E-state index contributed by atoms with van der Waals surface area (Å²) in [7, 11) is 0. The predicted molar refractivity (Wildman–Crippen MR) is 199 cm³/mol. The minimum atomic E-state index is 0.787. The predicted octanol–water partition coefficient (Wildman–Crippen LogP) is 11.4. The molecule has 0 unspecified atom stereocenters. The summed E-state index contributed by atoms with van der Waals surface area (Å²) in [4.78, 5) is 17.7. The molecule has 0 fully saturated rings. The standard InChI is InChI=1S/C44H26N4O2/c1-5-29(33-9-11-39-37(25-33)41-43(49-39)35(17-23-47-41)31-13-19-45-20-14-31)6-2-27(1)28-3-7-30(8-4-28)34-10-12-40-38(26-34)42-44(50-40)36(18-24-48-42)32-15-21-46-22-16-32/h1-26H. The van der Waals surface area contributed by atoms with E-state index in [1.165, 1.54) is 0 Å². The van der Waals surface area contributed by atoms with Gasteiger partial charge in [-0.25, -0.2) is 0 Å². The molecule has 6 nitrogen and oxygen atoms in total.